The van der Waals surface area contributed by atoms with Crippen LogP contribution < -0.4 is 0 Å². The summed E-state index contributed by atoms with van der Waals surface area (Å²) in [6.45, 7) is 1.83. The largest absolute Gasteiger partial charge is 0.349 e. The molecule has 0 unspecified atom stereocenters. The average molecular weight is 276 g/mol. The van der Waals surface area contributed by atoms with E-state index in [2.05, 4.69) is 0 Å². The van der Waals surface area contributed by atoms with E-state index in [4.69, 9.17) is 0 Å². The Bertz CT molecular complexity index is 455. The van der Waals surface area contributed by atoms with Crippen LogP contribution in [0.4, 0.5) is 0 Å². The van der Waals surface area contributed by atoms with E-state index in [1.54, 1.807) is 38.0 Å². The minimum absolute atomic E-state index is 0.00319. The summed E-state index contributed by atoms with van der Waals surface area (Å²) in [6.07, 6.45) is 0.582. The minimum Gasteiger partial charge on any atom is -0.349 e. The van der Waals surface area contributed by atoms with Crippen molar-refractivity contribution in [1.82, 2.24) is 9.80 Å². The molecule has 0 saturated carbocycles. The number of nitrogens with zero attached hydrogens (tertiary/aromatic N) is 2. The Morgan fingerprint density at radius 1 is 0.950 bits per heavy atom. The van der Waals surface area contributed by atoms with Gasteiger partial charge in [0.2, 0.25) is 11.8 Å². The topological polar surface area (TPSA) is 40.6 Å². The monoisotopic (exact) mass is 276 g/mol. The third-order valence-electron chi connectivity index (χ3n) is 3.49. The Balaban J connectivity index is 2.97. The number of benzene rings is 1. The zero-order valence-electron chi connectivity index (χ0n) is 13.0. The summed E-state index contributed by atoms with van der Waals surface area (Å²) in [7, 11) is 6.90. The molecule has 0 spiro atoms. The maximum Gasteiger partial charge on any atom is 0.226 e. The van der Waals surface area contributed by atoms with Crippen LogP contribution in [0.1, 0.15) is 12.5 Å². The standard InChI is InChI=1S/C16H24N2O2/c1-12(15(19)17(2)3)14(16(20)18(4)5)11-13-9-7-6-8-10-13/h6-10,12,14H,11H2,1-5H3/t12-,14-/m1/s1. The molecule has 0 aliphatic heterocycles. The van der Waals surface area contributed by atoms with Gasteiger partial charge in [-0.2, -0.15) is 0 Å². The van der Waals surface area contributed by atoms with Gasteiger partial charge in [-0.05, 0) is 12.0 Å². The number of hydrogen-bond donors (Lipinski definition) is 0. The van der Waals surface area contributed by atoms with Crippen LogP contribution in [-0.4, -0.2) is 49.8 Å². The minimum atomic E-state index is -0.333. The first kappa shape index (κ1) is 16.2. The molecule has 0 saturated heterocycles. The molecule has 0 radical (unpaired) electrons. The lowest BCUT2D eigenvalue weighted by molar-refractivity contribution is -0.143. The first-order valence-corrected chi connectivity index (χ1v) is 6.80. The van der Waals surface area contributed by atoms with Crippen LogP contribution in [0.5, 0.6) is 0 Å². The van der Waals surface area contributed by atoms with Gasteiger partial charge < -0.3 is 9.80 Å². The molecule has 110 valence electrons. The molecule has 1 rings (SSSR count). The van der Waals surface area contributed by atoms with Crippen molar-refractivity contribution >= 4 is 11.8 Å². The molecule has 4 nitrogen and oxygen atoms in total. The van der Waals surface area contributed by atoms with Crippen LogP contribution in [0, 0.1) is 11.8 Å². The summed E-state index contributed by atoms with van der Waals surface area (Å²) in [5, 5.41) is 0. The van der Waals surface area contributed by atoms with Gasteiger partial charge in [-0.15, -0.1) is 0 Å². The van der Waals surface area contributed by atoms with E-state index in [0.29, 0.717) is 6.42 Å². The molecule has 0 aromatic heterocycles. The van der Waals surface area contributed by atoms with Crippen molar-refractivity contribution in [2.24, 2.45) is 11.8 Å². The molecule has 4 heteroatoms. The fourth-order valence-electron chi connectivity index (χ4n) is 2.26. The van der Waals surface area contributed by atoms with E-state index < -0.39 is 0 Å². The van der Waals surface area contributed by atoms with E-state index in [1.165, 1.54) is 0 Å². The Morgan fingerprint density at radius 2 is 1.45 bits per heavy atom. The van der Waals surface area contributed by atoms with Crippen LogP contribution in [0.15, 0.2) is 30.3 Å². The van der Waals surface area contributed by atoms with Crippen molar-refractivity contribution in [3.63, 3.8) is 0 Å². The number of carbonyl (C=O) groups excluding carboxylic acids is 2. The highest BCUT2D eigenvalue weighted by Crippen LogP contribution is 2.21. The Kier molecular flexibility index (Phi) is 5.74. The van der Waals surface area contributed by atoms with Crippen LogP contribution >= 0.6 is 0 Å². The van der Waals surface area contributed by atoms with Gasteiger partial charge in [0.1, 0.15) is 0 Å². The molecule has 0 fully saturated rings. The number of amides is 2. The highest BCUT2D eigenvalue weighted by Gasteiger charge is 2.32. The van der Waals surface area contributed by atoms with Crippen LogP contribution in [0.3, 0.4) is 0 Å². The number of rotatable bonds is 5. The second kappa shape index (κ2) is 7.08. The quantitative estimate of drug-likeness (QED) is 0.820. The van der Waals surface area contributed by atoms with Crippen LogP contribution in [-0.2, 0) is 16.0 Å². The van der Waals surface area contributed by atoms with Gasteiger partial charge in [0.25, 0.3) is 0 Å². The summed E-state index contributed by atoms with van der Waals surface area (Å²) in [6, 6.07) is 9.82. The SMILES string of the molecule is C[C@@H](C(=O)N(C)C)[C@@H](Cc1ccccc1)C(=O)N(C)C. The van der Waals surface area contributed by atoms with Crippen molar-refractivity contribution < 1.29 is 9.59 Å². The number of hydrogen-bond acceptors (Lipinski definition) is 2. The Labute approximate surface area is 121 Å². The maximum atomic E-state index is 12.4. The molecule has 1 aromatic rings. The van der Waals surface area contributed by atoms with Crippen LogP contribution in [0.25, 0.3) is 0 Å². The fourth-order valence-corrected chi connectivity index (χ4v) is 2.26. The highest BCUT2D eigenvalue weighted by atomic mass is 16.2. The van der Waals surface area contributed by atoms with Crippen molar-refractivity contribution in [3.8, 4) is 0 Å². The van der Waals surface area contributed by atoms with E-state index in [1.807, 2.05) is 37.3 Å². The molecule has 20 heavy (non-hydrogen) atoms. The van der Waals surface area contributed by atoms with E-state index in [9.17, 15) is 9.59 Å². The van der Waals surface area contributed by atoms with Crippen molar-refractivity contribution in [3.05, 3.63) is 35.9 Å². The summed E-state index contributed by atoms with van der Waals surface area (Å²) in [5.74, 6) is -0.680. The van der Waals surface area contributed by atoms with E-state index in [-0.39, 0.29) is 23.7 Å². The first-order valence-electron chi connectivity index (χ1n) is 6.80. The Hall–Kier alpha value is -1.84. The maximum absolute atomic E-state index is 12.4. The smallest absolute Gasteiger partial charge is 0.226 e. The second-order valence-electron chi connectivity index (χ2n) is 5.55. The molecule has 0 bridgehead atoms. The van der Waals surface area contributed by atoms with Gasteiger partial charge in [-0.3, -0.25) is 9.59 Å². The second-order valence-corrected chi connectivity index (χ2v) is 5.55. The summed E-state index contributed by atoms with van der Waals surface area (Å²) in [4.78, 5) is 27.6. The van der Waals surface area contributed by atoms with E-state index >= 15 is 0 Å². The molecule has 0 heterocycles. The normalized spacial score (nSPS) is 13.4. The lowest BCUT2D eigenvalue weighted by Gasteiger charge is -2.27. The van der Waals surface area contributed by atoms with Gasteiger partial charge in [-0.1, -0.05) is 37.3 Å². The van der Waals surface area contributed by atoms with Crippen molar-refractivity contribution in [2.75, 3.05) is 28.2 Å². The molecule has 0 aliphatic carbocycles. The summed E-state index contributed by atoms with van der Waals surface area (Å²) >= 11 is 0. The van der Waals surface area contributed by atoms with Crippen LogP contribution in [0.2, 0.25) is 0 Å². The predicted molar refractivity (Wildman–Crippen MR) is 80.2 cm³/mol. The molecular formula is C16H24N2O2. The van der Waals surface area contributed by atoms with Crippen molar-refractivity contribution in [2.45, 2.75) is 13.3 Å². The highest BCUT2D eigenvalue weighted by molar-refractivity contribution is 5.87. The third kappa shape index (κ3) is 4.08. The fraction of sp³-hybridized carbons (Fsp3) is 0.500. The average Bonchev–Trinajstić information content (AvgIpc) is 2.43. The summed E-state index contributed by atoms with van der Waals surface area (Å²) in [5.41, 5.74) is 1.08. The zero-order chi connectivity index (χ0) is 15.3. The van der Waals surface area contributed by atoms with Gasteiger partial charge in [0.15, 0.2) is 0 Å². The zero-order valence-corrected chi connectivity index (χ0v) is 13.0. The molecule has 0 aliphatic rings. The predicted octanol–water partition coefficient (Wildman–Crippen LogP) is 1.66. The van der Waals surface area contributed by atoms with Crippen molar-refractivity contribution in [1.29, 1.82) is 0 Å². The number of carbonyl (C=O) groups is 2. The molecule has 1 aromatic carbocycles. The molecule has 2 amide bonds. The first-order chi connectivity index (χ1) is 9.34. The Morgan fingerprint density at radius 3 is 1.90 bits per heavy atom. The van der Waals surface area contributed by atoms with Gasteiger partial charge in [-0.25, -0.2) is 0 Å². The lowest BCUT2D eigenvalue weighted by atomic mass is 9.86. The van der Waals surface area contributed by atoms with Gasteiger partial charge in [0, 0.05) is 34.1 Å². The molecular weight excluding hydrogens is 252 g/mol. The lowest BCUT2D eigenvalue weighted by Crippen LogP contribution is -2.41. The van der Waals surface area contributed by atoms with Gasteiger partial charge in [0.05, 0.1) is 5.92 Å². The summed E-state index contributed by atoms with van der Waals surface area (Å²) < 4.78 is 0. The molecule has 2 atom stereocenters. The van der Waals surface area contributed by atoms with E-state index in [0.717, 1.165) is 5.56 Å². The van der Waals surface area contributed by atoms with Gasteiger partial charge >= 0.3 is 0 Å². The third-order valence-corrected chi connectivity index (χ3v) is 3.49. The molecule has 0 N–H and O–H groups in total.